The molecule has 8 heteroatoms. The van der Waals surface area contributed by atoms with Crippen LogP contribution >= 0.6 is 0 Å². The van der Waals surface area contributed by atoms with Crippen LogP contribution in [0.2, 0.25) is 0 Å². The van der Waals surface area contributed by atoms with Crippen LogP contribution in [0.4, 0.5) is 0 Å². The van der Waals surface area contributed by atoms with E-state index < -0.39 is 15.6 Å². The summed E-state index contributed by atoms with van der Waals surface area (Å²) in [5.74, 6) is -0.558. The van der Waals surface area contributed by atoms with Gasteiger partial charge in [0.25, 0.3) is 11.8 Å². The van der Waals surface area contributed by atoms with E-state index in [1.807, 2.05) is 6.07 Å². The number of carbonyl (C=O) groups is 2. The van der Waals surface area contributed by atoms with Gasteiger partial charge >= 0.3 is 0 Å². The number of rotatable bonds is 7. The highest BCUT2D eigenvalue weighted by atomic mass is 32.2. The van der Waals surface area contributed by atoms with Gasteiger partial charge in [0, 0.05) is 29.8 Å². The first-order valence-corrected chi connectivity index (χ1v) is 10.3. The van der Waals surface area contributed by atoms with Gasteiger partial charge in [0.15, 0.2) is 0 Å². The third-order valence-electron chi connectivity index (χ3n) is 3.60. The predicted molar refractivity (Wildman–Crippen MR) is 108 cm³/mol. The molecule has 0 aliphatic carbocycles. The molecule has 0 heterocycles. The Morgan fingerprint density at radius 1 is 0.786 bits per heavy atom. The Hall–Kier alpha value is -2.71. The molecule has 150 valence electrons. The van der Waals surface area contributed by atoms with Crippen molar-refractivity contribution in [1.82, 2.24) is 15.4 Å². The normalized spacial score (nSPS) is 11.7. The van der Waals surface area contributed by atoms with Crippen molar-refractivity contribution in [3.05, 3.63) is 65.7 Å². The summed E-state index contributed by atoms with van der Waals surface area (Å²) >= 11 is 0. The molecule has 0 aromatic heterocycles. The molecule has 2 rings (SSSR count). The van der Waals surface area contributed by atoms with Crippen LogP contribution in [0.3, 0.4) is 0 Å². The molecule has 0 aliphatic rings. The van der Waals surface area contributed by atoms with E-state index in [9.17, 15) is 18.0 Å². The summed E-state index contributed by atoms with van der Waals surface area (Å²) in [6.07, 6.45) is 0. The van der Waals surface area contributed by atoms with Gasteiger partial charge in [-0.25, -0.2) is 13.1 Å². The lowest BCUT2D eigenvalue weighted by molar-refractivity contribution is 0.0927. The third-order valence-corrected chi connectivity index (χ3v) is 5.37. The lowest BCUT2D eigenvalue weighted by Crippen LogP contribution is -2.40. The topological polar surface area (TPSA) is 104 Å². The van der Waals surface area contributed by atoms with Crippen molar-refractivity contribution in [2.45, 2.75) is 31.2 Å². The minimum Gasteiger partial charge on any atom is -0.350 e. The van der Waals surface area contributed by atoms with Gasteiger partial charge in [-0.05, 0) is 57.2 Å². The molecule has 0 bridgehead atoms. The van der Waals surface area contributed by atoms with Crippen molar-refractivity contribution in [1.29, 1.82) is 0 Å². The summed E-state index contributed by atoms with van der Waals surface area (Å²) in [6.45, 7) is 5.79. The highest BCUT2D eigenvalue weighted by Gasteiger charge is 2.22. The van der Waals surface area contributed by atoms with E-state index in [-0.39, 0.29) is 29.8 Å². The lowest BCUT2D eigenvalue weighted by Gasteiger charge is -2.20. The van der Waals surface area contributed by atoms with Gasteiger partial charge in [0.2, 0.25) is 10.0 Å². The largest absolute Gasteiger partial charge is 0.350 e. The molecule has 2 aromatic rings. The smallest absolute Gasteiger partial charge is 0.251 e. The first kappa shape index (κ1) is 21.6. The Morgan fingerprint density at radius 2 is 1.25 bits per heavy atom. The summed E-state index contributed by atoms with van der Waals surface area (Å²) in [5, 5.41) is 5.40. The third kappa shape index (κ3) is 6.47. The number of benzene rings is 2. The minimum atomic E-state index is -3.65. The van der Waals surface area contributed by atoms with Gasteiger partial charge in [-0.15, -0.1) is 0 Å². The molecule has 0 fully saturated rings. The molecule has 0 spiro atoms. The minimum absolute atomic E-state index is 0.0918. The maximum Gasteiger partial charge on any atom is 0.251 e. The summed E-state index contributed by atoms with van der Waals surface area (Å²) in [7, 11) is -3.65. The zero-order chi connectivity index (χ0) is 20.8. The fourth-order valence-electron chi connectivity index (χ4n) is 2.39. The summed E-state index contributed by atoms with van der Waals surface area (Å²) in [5.41, 5.74) is 0.289. The SMILES string of the molecule is CC(C)(C)NS(=O)(=O)c1ccc(C(=O)NCCNC(=O)c2ccccc2)cc1. The number of hydrogen-bond donors (Lipinski definition) is 3. The van der Waals surface area contributed by atoms with Crippen molar-refractivity contribution in [3.63, 3.8) is 0 Å². The molecule has 0 saturated heterocycles. The molecule has 28 heavy (non-hydrogen) atoms. The van der Waals surface area contributed by atoms with Crippen molar-refractivity contribution in [2.75, 3.05) is 13.1 Å². The summed E-state index contributed by atoms with van der Waals surface area (Å²) < 4.78 is 27.1. The quantitative estimate of drug-likeness (QED) is 0.614. The molecule has 7 nitrogen and oxygen atoms in total. The van der Waals surface area contributed by atoms with Gasteiger partial charge in [0.1, 0.15) is 0 Å². The molecule has 2 aromatic carbocycles. The molecular formula is C20H25N3O4S. The number of hydrogen-bond acceptors (Lipinski definition) is 4. The van der Waals surface area contributed by atoms with Gasteiger partial charge in [-0.3, -0.25) is 9.59 Å². The molecule has 0 atom stereocenters. The Bertz CT molecular complexity index is 918. The maximum atomic E-state index is 12.3. The second kappa shape index (κ2) is 8.99. The number of amides is 2. The second-order valence-electron chi connectivity index (χ2n) is 7.26. The van der Waals surface area contributed by atoms with Gasteiger partial charge in [-0.1, -0.05) is 18.2 Å². The predicted octanol–water partition coefficient (Wildman–Crippen LogP) is 1.92. The van der Waals surface area contributed by atoms with Crippen LogP contribution < -0.4 is 15.4 Å². The summed E-state index contributed by atoms with van der Waals surface area (Å²) in [6, 6.07) is 14.5. The second-order valence-corrected chi connectivity index (χ2v) is 8.94. The monoisotopic (exact) mass is 403 g/mol. The van der Waals surface area contributed by atoms with E-state index in [2.05, 4.69) is 15.4 Å². The zero-order valence-corrected chi connectivity index (χ0v) is 17.0. The van der Waals surface area contributed by atoms with Gasteiger partial charge in [-0.2, -0.15) is 0 Å². The number of sulfonamides is 1. The molecule has 0 unspecified atom stereocenters. The molecule has 0 radical (unpaired) electrons. The van der Waals surface area contributed by atoms with Crippen LogP contribution in [-0.4, -0.2) is 38.9 Å². The standard InChI is InChI=1S/C20H25N3O4S/c1-20(2,3)23-28(26,27)17-11-9-16(10-12-17)19(25)22-14-13-21-18(24)15-7-5-4-6-8-15/h4-12,23H,13-14H2,1-3H3,(H,21,24)(H,22,25). The van der Waals surface area contributed by atoms with E-state index in [0.717, 1.165) is 0 Å². The molecule has 2 amide bonds. The van der Waals surface area contributed by atoms with Crippen LogP contribution in [-0.2, 0) is 10.0 Å². The number of nitrogens with one attached hydrogen (secondary N) is 3. The van der Waals surface area contributed by atoms with E-state index in [1.165, 1.54) is 24.3 Å². The molecule has 0 saturated carbocycles. The Balaban J connectivity index is 1.85. The van der Waals surface area contributed by atoms with Crippen molar-refractivity contribution < 1.29 is 18.0 Å². The highest BCUT2D eigenvalue weighted by molar-refractivity contribution is 7.89. The molecule has 3 N–H and O–H groups in total. The average molecular weight is 404 g/mol. The summed E-state index contributed by atoms with van der Waals surface area (Å²) in [4.78, 5) is 24.2. The highest BCUT2D eigenvalue weighted by Crippen LogP contribution is 2.13. The van der Waals surface area contributed by atoms with Crippen LogP contribution in [0.25, 0.3) is 0 Å². The van der Waals surface area contributed by atoms with E-state index in [4.69, 9.17) is 0 Å². The van der Waals surface area contributed by atoms with Gasteiger partial charge < -0.3 is 10.6 Å². The first-order valence-electron chi connectivity index (χ1n) is 8.84. The van der Waals surface area contributed by atoms with Crippen LogP contribution in [0, 0.1) is 0 Å². The fraction of sp³-hybridized carbons (Fsp3) is 0.300. The van der Waals surface area contributed by atoms with Gasteiger partial charge in [0.05, 0.1) is 4.90 Å². The van der Waals surface area contributed by atoms with Crippen molar-refractivity contribution >= 4 is 21.8 Å². The lowest BCUT2D eigenvalue weighted by atomic mass is 10.1. The molecule has 0 aliphatic heterocycles. The number of carbonyl (C=O) groups excluding carboxylic acids is 2. The van der Waals surface area contributed by atoms with E-state index in [1.54, 1.807) is 45.0 Å². The van der Waals surface area contributed by atoms with Crippen LogP contribution in [0.5, 0.6) is 0 Å². The van der Waals surface area contributed by atoms with Crippen LogP contribution in [0.15, 0.2) is 59.5 Å². The van der Waals surface area contributed by atoms with E-state index in [0.29, 0.717) is 11.1 Å². The maximum absolute atomic E-state index is 12.3. The Kier molecular flexibility index (Phi) is 6.93. The Labute approximate surface area is 165 Å². The molecular weight excluding hydrogens is 378 g/mol. The first-order chi connectivity index (χ1) is 13.1. The Morgan fingerprint density at radius 3 is 1.71 bits per heavy atom. The fourth-order valence-corrected chi connectivity index (χ4v) is 3.81. The van der Waals surface area contributed by atoms with Crippen molar-refractivity contribution in [3.8, 4) is 0 Å². The van der Waals surface area contributed by atoms with E-state index >= 15 is 0 Å². The average Bonchev–Trinajstić information content (AvgIpc) is 2.64. The van der Waals surface area contributed by atoms with Crippen LogP contribution in [0.1, 0.15) is 41.5 Å². The van der Waals surface area contributed by atoms with Crippen molar-refractivity contribution in [2.24, 2.45) is 0 Å². The zero-order valence-electron chi connectivity index (χ0n) is 16.2.